The predicted octanol–water partition coefficient (Wildman–Crippen LogP) is 3.32. The molecule has 1 amide bonds. The van der Waals surface area contributed by atoms with E-state index >= 15 is 0 Å². The van der Waals surface area contributed by atoms with Gasteiger partial charge in [-0.15, -0.1) is 35.3 Å². The lowest BCUT2D eigenvalue weighted by Gasteiger charge is -2.19. The van der Waals surface area contributed by atoms with Crippen molar-refractivity contribution in [2.24, 2.45) is 4.99 Å². The topological polar surface area (TPSA) is 74.8 Å². The predicted molar refractivity (Wildman–Crippen MR) is 110 cm³/mol. The molecule has 0 aliphatic heterocycles. The highest BCUT2D eigenvalue weighted by Gasteiger charge is 2.15. The van der Waals surface area contributed by atoms with Crippen molar-refractivity contribution in [3.63, 3.8) is 0 Å². The SMILES string of the molecule is CN=C(NCCNC(=O)OC(C)(C)C)NCc1ccc(Br)s1.I. The standard InChI is InChI=1S/C14H23BrN4O2S.HI/c1-14(2,3)21-13(20)18-8-7-17-12(16-4)19-9-10-5-6-11(15)22-10;/h5-6H,7-9H2,1-4H3,(H,18,20)(H2,16,17,19);1H. The Balaban J connectivity index is 0.00000484. The van der Waals surface area contributed by atoms with Gasteiger partial charge in [0, 0.05) is 25.0 Å². The van der Waals surface area contributed by atoms with E-state index < -0.39 is 11.7 Å². The Labute approximate surface area is 167 Å². The van der Waals surface area contributed by atoms with Crippen LogP contribution >= 0.6 is 51.2 Å². The highest BCUT2D eigenvalue weighted by molar-refractivity contribution is 14.0. The Hall–Kier alpha value is -0.550. The highest BCUT2D eigenvalue weighted by Crippen LogP contribution is 2.21. The molecular formula is C14H24BrIN4O2S. The van der Waals surface area contributed by atoms with Crippen molar-refractivity contribution in [3.8, 4) is 0 Å². The van der Waals surface area contributed by atoms with Crippen molar-refractivity contribution in [1.82, 2.24) is 16.0 Å². The molecule has 132 valence electrons. The van der Waals surface area contributed by atoms with E-state index in [2.05, 4.69) is 42.9 Å². The molecule has 23 heavy (non-hydrogen) atoms. The maximum atomic E-state index is 11.5. The molecule has 6 nitrogen and oxygen atoms in total. The Morgan fingerprint density at radius 3 is 2.43 bits per heavy atom. The number of rotatable bonds is 5. The van der Waals surface area contributed by atoms with Crippen LogP contribution in [0.25, 0.3) is 0 Å². The first-order valence-corrected chi connectivity index (χ1v) is 8.56. The van der Waals surface area contributed by atoms with E-state index in [-0.39, 0.29) is 24.0 Å². The van der Waals surface area contributed by atoms with Crippen LogP contribution < -0.4 is 16.0 Å². The number of halogens is 2. The molecule has 0 atom stereocenters. The summed E-state index contributed by atoms with van der Waals surface area (Å²) < 4.78 is 6.26. The number of nitrogens with zero attached hydrogens (tertiary/aromatic N) is 1. The van der Waals surface area contributed by atoms with Crippen LogP contribution in [0.4, 0.5) is 4.79 Å². The lowest BCUT2D eigenvalue weighted by atomic mass is 10.2. The largest absolute Gasteiger partial charge is 0.444 e. The molecule has 0 fully saturated rings. The van der Waals surface area contributed by atoms with E-state index in [4.69, 9.17) is 4.74 Å². The average molecular weight is 519 g/mol. The lowest BCUT2D eigenvalue weighted by Crippen LogP contribution is -2.42. The van der Waals surface area contributed by atoms with Gasteiger partial charge in [0.05, 0.1) is 10.3 Å². The second-order valence-electron chi connectivity index (χ2n) is 5.49. The number of aliphatic imine (C=N–C) groups is 1. The summed E-state index contributed by atoms with van der Waals surface area (Å²) in [5.74, 6) is 0.690. The van der Waals surface area contributed by atoms with E-state index in [1.54, 1.807) is 18.4 Å². The first-order chi connectivity index (χ1) is 10.3. The monoisotopic (exact) mass is 518 g/mol. The van der Waals surface area contributed by atoms with Gasteiger partial charge in [0.15, 0.2) is 5.96 Å². The summed E-state index contributed by atoms with van der Waals surface area (Å²) in [6.45, 7) is 7.22. The third kappa shape index (κ3) is 10.8. The maximum absolute atomic E-state index is 11.5. The van der Waals surface area contributed by atoms with E-state index in [9.17, 15) is 4.79 Å². The fraction of sp³-hybridized carbons (Fsp3) is 0.571. The molecule has 1 rings (SSSR count). The van der Waals surface area contributed by atoms with Gasteiger partial charge < -0.3 is 20.7 Å². The molecule has 0 spiro atoms. The minimum Gasteiger partial charge on any atom is -0.444 e. The first kappa shape index (κ1) is 22.4. The molecule has 1 aromatic rings. The van der Waals surface area contributed by atoms with Gasteiger partial charge in [0.2, 0.25) is 0 Å². The van der Waals surface area contributed by atoms with Crippen LogP contribution in [-0.2, 0) is 11.3 Å². The van der Waals surface area contributed by atoms with Gasteiger partial charge in [-0.1, -0.05) is 0 Å². The molecule has 0 bridgehead atoms. The maximum Gasteiger partial charge on any atom is 0.407 e. The number of amides is 1. The van der Waals surface area contributed by atoms with Gasteiger partial charge in [-0.3, -0.25) is 4.99 Å². The van der Waals surface area contributed by atoms with Crippen molar-refractivity contribution < 1.29 is 9.53 Å². The molecule has 1 heterocycles. The Bertz CT molecular complexity index is 517. The van der Waals surface area contributed by atoms with Crippen molar-refractivity contribution in [3.05, 3.63) is 20.8 Å². The van der Waals surface area contributed by atoms with Crippen LogP contribution in [0.15, 0.2) is 20.9 Å². The molecule has 9 heteroatoms. The molecule has 3 N–H and O–H groups in total. The van der Waals surface area contributed by atoms with Crippen LogP contribution in [0.5, 0.6) is 0 Å². The van der Waals surface area contributed by atoms with Crippen LogP contribution in [0.2, 0.25) is 0 Å². The summed E-state index contributed by atoms with van der Waals surface area (Å²) in [5, 5.41) is 9.02. The van der Waals surface area contributed by atoms with Crippen LogP contribution in [0.1, 0.15) is 25.6 Å². The number of hydrogen-bond acceptors (Lipinski definition) is 4. The molecule has 0 saturated heterocycles. The molecular weight excluding hydrogens is 495 g/mol. The van der Waals surface area contributed by atoms with Crippen molar-refractivity contribution >= 4 is 63.3 Å². The zero-order valence-electron chi connectivity index (χ0n) is 13.7. The molecule has 0 saturated carbocycles. The molecule has 0 aliphatic rings. The van der Waals surface area contributed by atoms with Crippen LogP contribution in [0.3, 0.4) is 0 Å². The van der Waals surface area contributed by atoms with Crippen LogP contribution in [-0.4, -0.2) is 37.8 Å². The van der Waals surface area contributed by atoms with E-state index in [1.807, 2.05) is 26.8 Å². The van der Waals surface area contributed by atoms with Gasteiger partial charge in [0.25, 0.3) is 0 Å². The van der Waals surface area contributed by atoms with Gasteiger partial charge in [-0.05, 0) is 48.8 Å². The van der Waals surface area contributed by atoms with Crippen molar-refractivity contribution in [2.75, 3.05) is 20.1 Å². The number of carbonyl (C=O) groups excluding carboxylic acids is 1. The number of guanidine groups is 1. The summed E-state index contributed by atoms with van der Waals surface area (Å²) in [4.78, 5) is 16.8. The quantitative estimate of drug-likeness (QED) is 0.242. The van der Waals surface area contributed by atoms with Crippen molar-refractivity contribution in [1.29, 1.82) is 0 Å². The number of hydrogen-bond donors (Lipinski definition) is 3. The van der Waals surface area contributed by atoms with Crippen molar-refractivity contribution in [2.45, 2.75) is 32.9 Å². The van der Waals surface area contributed by atoms with Gasteiger partial charge in [-0.25, -0.2) is 4.79 Å². The summed E-state index contributed by atoms with van der Waals surface area (Å²) in [6.07, 6.45) is -0.416. The Morgan fingerprint density at radius 1 is 1.26 bits per heavy atom. The Morgan fingerprint density at radius 2 is 1.91 bits per heavy atom. The zero-order valence-corrected chi connectivity index (χ0v) is 18.5. The smallest absolute Gasteiger partial charge is 0.407 e. The number of nitrogens with one attached hydrogen (secondary N) is 3. The van der Waals surface area contributed by atoms with E-state index in [0.29, 0.717) is 25.6 Å². The summed E-state index contributed by atoms with van der Waals surface area (Å²) in [7, 11) is 1.71. The van der Waals surface area contributed by atoms with E-state index in [1.165, 1.54) is 4.88 Å². The molecule has 0 radical (unpaired) electrons. The second kappa shape index (κ2) is 11.1. The third-order valence-corrected chi connectivity index (χ3v) is 3.99. The molecule has 1 aromatic heterocycles. The van der Waals surface area contributed by atoms with Gasteiger partial charge in [-0.2, -0.15) is 0 Å². The number of alkyl carbamates (subject to hydrolysis) is 1. The third-order valence-electron chi connectivity index (χ3n) is 2.37. The summed E-state index contributed by atoms with van der Waals surface area (Å²) in [6, 6.07) is 4.07. The van der Waals surface area contributed by atoms with Crippen LogP contribution in [0, 0.1) is 0 Å². The van der Waals surface area contributed by atoms with E-state index in [0.717, 1.165) is 3.79 Å². The average Bonchev–Trinajstić information content (AvgIpc) is 2.81. The molecule has 0 unspecified atom stereocenters. The minimum atomic E-state index is -0.482. The zero-order chi connectivity index (χ0) is 16.6. The molecule has 0 aliphatic carbocycles. The summed E-state index contributed by atoms with van der Waals surface area (Å²) >= 11 is 5.11. The minimum absolute atomic E-state index is 0. The number of ether oxygens (including phenoxy) is 1. The normalized spacial score (nSPS) is 11.4. The summed E-state index contributed by atoms with van der Waals surface area (Å²) in [5.41, 5.74) is -0.482. The first-order valence-electron chi connectivity index (χ1n) is 6.96. The highest BCUT2D eigenvalue weighted by atomic mass is 127. The molecule has 0 aromatic carbocycles. The fourth-order valence-corrected chi connectivity index (χ4v) is 2.92. The second-order valence-corrected chi connectivity index (χ2v) is 8.03. The lowest BCUT2D eigenvalue weighted by molar-refractivity contribution is 0.0529. The number of thiophene rings is 1. The Kier molecular flexibility index (Phi) is 10.8. The van der Waals surface area contributed by atoms with Gasteiger partial charge in [0.1, 0.15) is 5.60 Å². The number of carbonyl (C=O) groups is 1. The van der Waals surface area contributed by atoms with Gasteiger partial charge >= 0.3 is 6.09 Å². The fourth-order valence-electron chi connectivity index (χ4n) is 1.50.